The molecule has 2 aromatic rings. The average Bonchev–Trinajstić information content (AvgIpc) is 2.89. The third kappa shape index (κ3) is 3.01. The number of methoxy groups -OCH3 is 1. The predicted octanol–water partition coefficient (Wildman–Crippen LogP) is 3.66. The molecule has 4 heteroatoms. The molecule has 116 valence electrons. The molecule has 0 bridgehead atoms. The fourth-order valence-corrected chi connectivity index (χ4v) is 2.49. The number of aliphatic imine (C=N–C) groups is 1. The van der Waals surface area contributed by atoms with Crippen LogP contribution in [0.3, 0.4) is 0 Å². The Morgan fingerprint density at radius 1 is 1.09 bits per heavy atom. The van der Waals surface area contributed by atoms with Crippen molar-refractivity contribution in [3.8, 4) is 5.75 Å². The fourth-order valence-electron chi connectivity index (χ4n) is 2.49. The SMILES string of the molecule is COc1ccc(/C=C2/N=C(c3ccccc3C)OC2=O)cc1C. The number of benzene rings is 2. The second kappa shape index (κ2) is 6.08. The van der Waals surface area contributed by atoms with Crippen LogP contribution in [-0.4, -0.2) is 19.0 Å². The molecule has 0 radical (unpaired) electrons. The van der Waals surface area contributed by atoms with E-state index in [0.29, 0.717) is 11.6 Å². The lowest BCUT2D eigenvalue weighted by Crippen LogP contribution is -2.06. The maximum Gasteiger partial charge on any atom is 0.363 e. The van der Waals surface area contributed by atoms with Gasteiger partial charge in [0.25, 0.3) is 0 Å². The van der Waals surface area contributed by atoms with Crippen molar-refractivity contribution in [3.05, 3.63) is 70.4 Å². The number of aryl methyl sites for hydroxylation is 2. The van der Waals surface area contributed by atoms with Gasteiger partial charge in [0.15, 0.2) is 5.70 Å². The zero-order chi connectivity index (χ0) is 16.4. The lowest BCUT2D eigenvalue weighted by molar-refractivity contribution is -0.129. The van der Waals surface area contributed by atoms with Crippen molar-refractivity contribution < 1.29 is 14.3 Å². The Hall–Kier alpha value is -2.88. The smallest absolute Gasteiger partial charge is 0.363 e. The van der Waals surface area contributed by atoms with Crippen molar-refractivity contribution in [1.29, 1.82) is 0 Å². The molecule has 1 heterocycles. The van der Waals surface area contributed by atoms with Gasteiger partial charge in [-0.2, -0.15) is 0 Å². The topological polar surface area (TPSA) is 47.9 Å². The van der Waals surface area contributed by atoms with Gasteiger partial charge in [-0.15, -0.1) is 0 Å². The molecule has 0 saturated heterocycles. The number of hydrogen-bond donors (Lipinski definition) is 0. The minimum Gasteiger partial charge on any atom is -0.496 e. The predicted molar refractivity (Wildman–Crippen MR) is 89.5 cm³/mol. The van der Waals surface area contributed by atoms with Gasteiger partial charge in [0.1, 0.15) is 5.75 Å². The van der Waals surface area contributed by atoms with Crippen LogP contribution in [0.4, 0.5) is 0 Å². The van der Waals surface area contributed by atoms with E-state index in [9.17, 15) is 4.79 Å². The van der Waals surface area contributed by atoms with Crippen LogP contribution in [0.2, 0.25) is 0 Å². The molecule has 0 atom stereocenters. The highest BCUT2D eigenvalue weighted by Crippen LogP contribution is 2.23. The Morgan fingerprint density at radius 2 is 1.87 bits per heavy atom. The Bertz CT molecular complexity index is 834. The van der Waals surface area contributed by atoms with Crippen LogP contribution in [0.1, 0.15) is 22.3 Å². The van der Waals surface area contributed by atoms with Crippen molar-refractivity contribution in [1.82, 2.24) is 0 Å². The van der Waals surface area contributed by atoms with E-state index in [1.165, 1.54) is 0 Å². The number of rotatable bonds is 3. The summed E-state index contributed by atoms with van der Waals surface area (Å²) in [5.41, 5.74) is 4.02. The first kappa shape index (κ1) is 15.0. The van der Waals surface area contributed by atoms with E-state index >= 15 is 0 Å². The molecule has 4 nitrogen and oxygen atoms in total. The van der Waals surface area contributed by atoms with E-state index in [1.54, 1.807) is 13.2 Å². The van der Waals surface area contributed by atoms with Gasteiger partial charge in [0, 0.05) is 5.56 Å². The van der Waals surface area contributed by atoms with Gasteiger partial charge in [-0.25, -0.2) is 9.79 Å². The molecule has 0 fully saturated rings. The van der Waals surface area contributed by atoms with E-state index < -0.39 is 5.97 Å². The average molecular weight is 307 g/mol. The minimum absolute atomic E-state index is 0.299. The lowest BCUT2D eigenvalue weighted by Gasteiger charge is -2.04. The summed E-state index contributed by atoms with van der Waals surface area (Å²) in [6, 6.07) is 13.4. The minimum atomic E-state index is -0.434. The number of carbonyl (C=O) groups excluding carboxylic acids is 1. The van der Waals surface area contributed by atoms with Crippen LogP contribution < -0.4 is 4.74 Å². The number of ether oxygens (including phenoxy) is 2. The van der Waals surface area contributed by atoms with E-state index in [-0.39, 0.29) is 0 Å². The van der Waals surface area contributed by atoms with E-state index in [2.05, 4.69) is 4.99 Å². The summed E-state index contributed by atoms with van der Waals surface area (Å²) < 4.78 is 10.5. The molecule has 23 heavy (non-hydrogen) atoms. The maximum absolute atomic E-state index is 12.1. The molecule has 0 amide bonds. The summed E-state index contributed by atoms with van der Waals surface area (Å²) in [7, 11) is 1.63. The molecule has 0 aliphatic carbocycles. The third-order valence-electron chi connectivity index (χ3n) is 3.72. The monoisotopic (exact) mass is 307 g/mol. The normalized spacial score (nSPS) is 15.5. The molecule has 0 spiro atoms. The number of nitrogens with zero attached hydrogens (tertiary/aromatic N) is 1. The highest BCUT2D eigenvalue weighted by molar-refractivity contribution is 6.13. The summed E-state index contributed by atoms with van der Waals surface area (Å²) in [5, 5.41) is 0. The molecule has 0 saturated carbocycles. The number of cyclic esters (lactones) is 1. The fraction of sp³-hybridized carbons (Fsp3) is 0.158. The zero-order valence-electron chi connectivity index (χ0n) is 13.3. The molecule has 1 aliphatic heterocycles. The summed E-state index contributed by atoms with van der Waals surface area (Å²) >= 11 is 0. The second-order valence-electron chi connectivity index (χ2n) is 5.38. The quantitative estimate of drug-likeness (QED) is 0.642. The second-order valence-corrected chi connectivity index (χ2v) is 5.38. The molecule has 0 N–H and O–H groups in total. The molecule has 0 unspecified atom stereocenters. The zero-order valence-corrected chi connectivity index (χ0v) is 13.3. The van der Waals surface area contributed by atoms with E-state index in [0.717, 1.165) is 28.0 Å². The van der Waals surface area contributed by atoms with Crippen molar-refractivity contribution in [2.24, 2.45) is 4.99 Å². The van der Waals surface area contributed by atoms with Gasteiger partial charge < -0.3 is 9.47 Å². The van der Waals surface area contributed by atoms with E-state index in [4.69, 9.17) is 9.47 Å². The van der Waals surface area contributed by atoms with E-state index in [1.807, 2.05) is 56.3 Å². The van der Waals surface area contributed by atoms with Crippen molar-refractivity contribution in [3.63, 3.8) is 0 Å². The molecule has 1 aliphatic rings. The number of carbonyl (C=O) groups is 1. The van der Waals surface area contributed by atoms with Gasteiger partial charge in [0.05, 0.1) is 7.11 Å². The molecule has 0 aromatic heterocycles. The van der Waals surface area contributed by atoms with Gasteiger partial charge in [-0.05, 0) is 54.8 Å². The first-order valence-electron chi connectivity index (χ1n) is 7.31. The summed E-state index contributed by atoms with van der Waals surface area (Å²) in [6.45, 7) is 3.91. The first-order chi connectivity index (χ1) is 11.1. The third-order valence-corrected chi connectivity index (χ3v) is 3.72. The van der Waals surface area contributed by atoms with Crippen LogP contribution in [0.25, 0.3) is 6.08 Å². The number of esters is 1. The lowest BCUT2D eigenvalue weighted by atomic mass is 10.1. The standard InChI is InChI=1S/C19H17NO3/c1-12-6-4-5-7-15(12)18-20-16(19(21)23-18)11-14-8-9-17(22-3)13(2)10-14/h4-11H,1-3H3/b16-11+. The van der Waals surface area contributed by atoms with Crippen LogP contribution in [-0.2, 0) is 9.53 Å². The number of hydrogen-bond acceptors (Lipinski definition) is 4. The van der Waals surface area contributed by atoms with Gasteiger partial charge in [-0.1, -0.05) is 24.3 Å². The Morgan fingerprint density at radius 3 is 2.57 bits per heavy atom. The van der Waals surface area contributed by atoms with Crippen LogP contribution in [0.5, 0.6) is 5.75 Å². The molecule has 2 aromatic carbocycles. The first-order valence-corrected chi connectivity index (χ1v) is 7.31. The van der Waals surface area contributed by atoms with Crippen LogP contribution in [0.15, 0.2) is 53.2 Å². The maximum atomic E-state index is 12.1. The van der Waals surface area contributed by atoms with Crippen molar-refractivity contribution in [2.45, 2.75) is 13.8 Å². The van der Waals surface area contributed by atoms with Crippen molar-refractivity contribution in [2.75, 3.05) is 7.11 Å². The van der Waals surface area contributed by atoms with Crippen molar-refractivity contribution >= 4 is 17.9 Å². The Balaban J connectivity index is 1.95. The molecule has 3 rings (SSSR count). The van der Waals surface area contributed by atoms with Crippen LogP contribution >= 0.6 is 0 Å². The Kier molecular flexibility index (Phi) is 3.98. The van der Waals surface area contributed by atoms with Gasteiger partial charge in [-0.3, -0.25) is 0 Å². The largest absolute Gasteiger partial charge is 0.496 e. The summed E-state index contributed by atoms with van der Waals surface area (Å²) in [6.07, 6.45) is 1.72. The van der Waals surface area contributed by atoms with Gasteiger partial charge in [0.2, 0.25) is 5.90 Å². The highest BCUT2D eigenvalue weighted by atomic mass is 16.6. The molecular weight excluding hydrogens is 290 g/mol. The summed E-state index contributed by atoms with van der Waals surface area (Å²) in [5.74, 6) is 0.728. The highest BCUT2D eigenvalue weighted by Gasteiger charge is 2.24. The summed E-state index contributed by atoms with van der Waals surface area (Å²) in [4.78, 5) is 16.4. The van der Waals surface area contributed by atoms with Crippen LogP contribution in [0, 0.1) is 13.8 Å². The Labute approximate surface area is 135 Å². The van der Waals surface area contributed by atoms with Gasteiger partial charge >= 0.3 is 5.97 Å². The molecular formula is C19H17NO3.